The van der Waals surface area contributed by atoms with Crippen molar-refractivity contribution in [1.29, 1.82) is 0 Å². The van der Waals surface area contributed by atoms with Gasteiger partial charge in [0, 0.05) is 13.1 Å². The number of ether oxygens (including phenoxy) is 1. The molecule has 8 nitrogen and oxygen atoms in total. The van der Waals surface area contributed by atoms with Crippen molar-refractivity contribution in [2.75, 3.05) is 31.1 Å². The Kier molecular flexibility index (Phi) is 3.83. The fourth-order valence-corrected chi connectivity index (χ4v) is 4.07. The van der Waals surface area contributed by atoms with Gasteiger partial charge in [-0.15, -0.1) is 0 Å². The molecule has 0 aromatic heterocycles. The van der Waals surface area contributed by atoms with Gasteiger partial charge in [-0.05, 0) is 35.4 Å². The first-order chi connectivity index (χ1) is 12.4. The van der Waals surface area contributed by atoms with E-state index in [4.69, 9.17) is 15.6 Å². The molecular formula is C17H18FN3O5. The fraction of sp³-hybridized carbons (Fsp3) is 0.471. The molecule has 3 fully saturated rings. The summed E-state index contributed by atoms with van der Waals surface area (Å²) in [6.45, 7) is 0.495. The average Bonchev–Trinajstić information content (AvgIpc) is 2.97. The van der Waals surface area contributed by atoms with Gasteiger partial charge in [0.05, 0.1) is 12.2 Å². The second-order valence-corrected chi connectivity index (χ2v) is 6.90. The third-order valence-electron chi connectivity index (χ3n) is 5.47. The highest BCUT2D eigenvalue weighted by Gasteiger charge is 2.57. The van der Waals surface area contributed by atoms with Crippen LogP contribution in [0.3, 0.4) is 0 Å². The van der Waals surface area contributed by atoms with Crippen LogP contribution in [0.4, 0.5) is 14.9 Å². The number of benzene rings is 1. The van der Waals surface area contributed by atoms with E-state index in [1.54, 1.807) is 17.0 Å². The summed E-state index contributed by atoms with van der Waals surface area (Å²) in [7, 11) is 0. The smallest absolute Gasteiger partial charge is 0.415 e. The molecule has 1 saturated carbocycles. The fourth-order valence-electron chi connectivity index (χ4n) is 4.07. The summed E-state index contributed by atoms with van der Waals surface area (Å²) in [5, 5.41) is 8.91. The number of carbonyl (C=O) groups excluding carboxylic acids is 3. The number of hydrogen-bond donors (Lipinski definition) is 2. The molecule has 2 aliphatic heterocycles. The minimum atomic E-state index is -1.04. The summed E-state index contributed by atoms with van der Waals surface area (Å²) in [5.74, 6) is -1.05. The van der Waals surface area contributed by atoms with Crippen molar-refractivity contribution in [3.63, 3.8) is 0 Å². The molecular weight excluding hydrogens is 345 g/mol. The molecule has 3 N–H and O–H groups in total. The summed E-state index contributed by atoms with van der Waals surface area (Å²) in [6.07, 6.45) is -1.77. The number of aliphatic hydroxyl groups excluding tert-OH is 1. The van der Waals surface area contributed by atoms with Crippen LogP contribution in [-0.2, 0) is 14.3 Å². The Balaban J connectivity index is 1.46. The lowest BCUT2D eigenvalue weighted by molar-refractivity contribution is -0.133. The predicted octanol–water partition coefficient (Wildman–Crippen LogP) is -0.200. The summed E-state index contributed by atoms with van der Waals surface area (Å²) in [6, 6.07) is 4.51. The van der Waals surface area contributed by atoms with Crippen LogP contribution in [0, 0.1) is 17.7 Å². The Morgan fingerprint density at radius 3 is 2.50 bits per heavy atom. The van der Waals surface area contributed by atoms with Gasteiger partial charge < -0.3 is 20.5 Å². The van der Waals surface area contributed by atoms with E-state index < -0.39 is 30.5 Å². The van der Waals surface area contributed by atoms with Crippen molar-refractivity contribution >= 4 is 23.6 Å². The second-order valence-electron chi connectivity index (χ2n) is 6.90. The monoisotopic (exact) mass is 363 g/mol. The zero-order chi connectivity index (χ0) is 18.6. The Morgan fingerprint density at radius 1 is 1.27 bits per heavy atom. The van der Waals surface area contributed by atoms with E-state index in [1.807, 2.05) is 0 Å². The van der Waals surface area contributed by atoms with Crippen LogP contribution in [0.25, 0.3) is 0 Å². The zero-order valence-corrected chi connectivity index (χ0v) is 13.8. The van der Waals surface area contributed by atoms with Crippen LogP contribution in [0.15, 0.2) is 18.2 Å². The molecule has 0 radical (unpaired) electrons. The van der Waals surface area contributed by atoms with Gasteiger partial charge in [0.1, 0.15) is 12.4 Å². The van der Waals surface area contributed by atoms with E-state index in [1.165, 1.54) is 11.0 Å². The predicted molar refractivity (Wildman–Crippen MR) is 86.6 cm³/mol. The molecule has 4 atom stereocenters. The third kappa shape index (κ3) is 2.59. The van der Waals surface area contributed by atoms with Crippen LogP contribution >= 0.6 is 0 Å². The summed E-state index contributed by atoms with van der Waals surface area (Å²) in [4.78, 5) is 37.3. The van der Waals surface area contributed by atoms with E-state index in [9.17, 15) is 18.8 Å². The number of aliphatic hydroxyl groups is 1. The molecule has 1 aliphatic carbocycles. The second kappa shape index (κ2) is 5.94. The Bertz CT molecular complexity index is 789. The maximum atomic E-state index is 14.6. The number of likely N-dealkylation sites (tertiary alicyclic amines) is 1. The zero-order valence-electron chi connectivity index (χ0n) is 13.8. The first-order valence-electron chi connectivity index (χ1n) is 8.36. The number of hydrogen-bond acceptors (Lipinski definition) is 5. The van der Waals surface area contributed by atoms with Crippen LogP contribution in [0.5, 0.6) is 0 Å². The number of nitrogens with two attached hydrogens (primary N) is 1. The third-order valence-corrected chi connectivity index (χ3v) is 5.47. The van der Waals surface area contributed by atoms with Crippen LogP contribution in [-0.4, -0.2) is 60.3 Å². The molecule has 1 unspecified atom stereocenters. The molecule has 0 bridgehead atoms. The van der Waals surface area contributed by atoms with Gasteiger partial charge >= 0.3 is 6.09 Å². The number of fused-ring (bicyclic) bond motifs is 1. The number of nitrogens with zero attached hydrogens (tertiary/aromatic N) is 2. The van der Waals surface area contributed by atoms with Crippen molar-refractivity contribution in [3.8, 4) is 0 Å². The van der Waals surface area contributed by atoms with Gasteiger partial charge in [0.25, 0.3) is 5.91 Å². The van der Waals surface area contributed by atoms with E-state index in [0.29, 0.717) is 24.3 Å². The highest BCUT2D eigenvalue weighted by Crippen LogP contribution is 2.58. The first kappa shape index (κ1) is 16.8. The SMILES string of the molecule is NC(=O)[C@H]1CN(c2ccc(C3[C@H]4CN(C(=O)CO)C[C@@H]34)c(F)c2)C(=O)O1. The molecule has 2 saturated heterocycles. The maximum absolute atomic E-state index is 14.6. The number of cyclic esters (lactones) is 1. The van der Waals surface area contributed by atoms with Crippen molar-refractivity contribution in [1.82, 2.24) is 4.90 Å². The highest BCUT2D eigenvalue weighted by atomic mass is 19.1. The molecule has 1 aromatic carbocycles. The molecule has 3 amide bonds. The van der Waals surface area contributed by atoms with Gasteiger partial charge in [-0.1, -0.05) is 6.07 Å². The number of piperidine rings is 1. The molecule has 3 aliphatic rings. The van der Waals surface area contributed by atoms with Crippen LogP contribution < -0.4 is 10.6 Å². The largest absolute Gasteiger partial charge is 0.434 e. The van der Waals surface area contributed by atoms with Crippen molar-refractivity contribution in [3.05, 3.63) is 29.6 Å². The Hall–Kier alpha value is -2.68. The first-order valence-corrected chi connectivity index (χ1v) is 8.36. The summed E-state index contributed by atoms with van der Waals surface area (Å²) >= 11 is 0. The number of carbonyl (C=O) groups is 3. The van der Waals surface area contributed by atoms with Gasteiger partial charge in [0.15, 0.2) is 6.10 Å². The van der Waals surface area contributed by atoms with E-state index in [2.05, 4.69) is 0 Å². The number of primary amides is 1. The average molecular weight is 363 g/mol. The lowest BCUT2D eigenvalue weighted by atomic mass is 10.0. The number of anilines is 1. The van der Waals surface area contributed by atoms with E-state index >= 15 is 0 Å². The molecule has 2 heterocycles. The number of rotatable bonds is 4. The Labute approximate surface area is 148 Å². The summed E-state index contributed by atoms with van der Waals surface area (Å²) < 4.78 is 19.5. The van der Waals surface area contributed by atoms with E-state index in [0.717, 1.165) is 0 Å². The van der Waals surface area contributed by atoms with Gasteiger partial charge in [-0.25, -0.2) is 9.18 Å². The number of amides is 3. The van der Waals surface area contributed by atoms with Gasteiger partial charge in [0.2, 0.25) is 5.91 Å². The minimum absolute atomic E-state index is 0.0377. The van der Waals surface area contributed by atoms with E-state index in [-0.39, 0.29) is 30.2 Å². The van der Waals surface area contributed by atoms with Crippen molar-refractivity contribution < 1.29 is 28.6 Å². The van der Waals surface area contributed by atoms with Gasteiger partial charge in [-0.2, -0.15) is 0 Å². The maximum Gasteiger partial charge on any atom is 0.415 e. The van der Waals surface area contributed by atoms with Gasteiger partial charge in [-0.3, -0.25) is 14.5 Å². The molecule has 26 heavy (non-hydrogen) atoms. The van der Waals surface area contributed by atoms with Crippen molar-refractivity contribution in [2.24, 2.45) is 17.6 Å². The standard InChI is InChI=1S/C17H18FN3O5/c18-12-3-8(21-6-13(16(19)24)26-17(21)25)1-2-9(12)15-10-4-20(5-11(10)15)14(23)7-22/h1-3,10-11,13,15,22H,4-7H2,(H2,19,24)/t10-,11+,13-,15?/m1/s1. The quantitative estimate of drug-likeness (QED) is 0.769. The lowest BCUT2D eigenvalue weighted by Gasteiger charge is -2.19. The molecule has 0 spiro atoms. The topological polar surface area (TPSA) is 113 Å². The number of halogens is 1. The van der Waals surface area contributed by atoms with Crippen molar-refractivity contribution in [2.45, 2.75) is 12.0 Å². The molecule has 4 rings (SSSR count). The minimum Gasteiger partial charge on any atom is -0.434 e. The summed E-state index contributed by atoms with van der Waals surface area (Å²) in [5.41, 5.74) is 6.00. The molecule has 138 valence electrons. The normalized spacial score (nSPS) is 29.5. The highest BCUT2D eigenvalue weighted by molar-refractivity contribution is 5.95. The van der Waals surface area contributed by atoms with Crippen LogP contribution in [0.2, 0.25) is 0 Å². The van der Waals surface area contributed by atoms with Crippen LogP contribution in [0.1, 0.15) is 11.5 Å². The molecule has 1 aromatic rings. The molecule has 9 heteroatoms. The Morgan fingerprint density at radius 2 is 1.96 bits per heavy atom. The lowest BCUT2D eigenvalue weighted by Crippen LogP contribution is -2.33.